The van der Waals surface area contributed by atoms with Gasteiger partial charge in [-0.2, -0.15) is 0 Å². The van der Waals surface area contributed by atoms with Crippen molar-refractivity contribution in [3.63, 3.8) is 0 Å². The zero-order valence-electron chi connectivity index (χ0n) is 5.88. The average Bonchev–Trinajstić information content (AvgIpc) is 2.09. The molecule has 60 valence electrons. The Bertz CT molecular complexity index is 326. The van der Waals surface area contributed by atoms with Crippen molar-refractivity contribution in [2.24, 2.45) is 0 Å². The molecular formula is C6H7NO2S2. The van der Waals surface area contributed by atoms with Crippen LogP contribution in [0.4, 0.5) is 0 Å². The highest BCUT2D eigenvalue weighted by molar-refractivity contribution is 7.73. The lowest BCUT2D eigenvalue weighted by molar-refractivity contribution is -0.136. The first-order valence-corrected chi connectivity index (χ1v) is 4.22. The molecule has 0 aliphatic carbocycles. The third-order valence-corrected chi connectivity index (χ3v) is 2.57. The molecule has 0 aromatic carbocycles. The first-order chi connectivity index (χ1) is 5.09. The molecule has 0 bridgehead atoms. The molecule has 0 aliphatic heterocycles. The molecule has 1 aromatic heterocycles. The van der Waals surface area contributed by atoms with Gasteiger partial charge in [0.05, 0.1) is 6.42 Å². The van der Waals surface area contributed by atoms with Crippen LogP contribution in [0.25, 0.3) is 0 Å². The molecule has 3 nitrogen and oxygen atoms in total. The predicted molar refractivity (Wildman–Crippen MR) is 45.6 cm³/mol. The van der Waals surface area contributed by atoms with Crippen molar-refractivity contribution < 1.29 is 9.90 Å². The number of H-pyrrole nitrogens is 1. The molecule has 0 fully saturated rings. The first-order valence-electron chi connectivity index (χ1n) is 3.00. The molecule has 1 aromatic rings. The van der Waals surface area contributed by atoms with Crippen molar-refractivity contribution in [3.05, 3.63) is 14.5 Å². The third-order valence-electron chi connectivity index (χ3n) is 1.24. The minimum atomic E-state index is -0.821. The number of thiazole rings is 1. The summed E-state index contributed by atoms with van der Waals surface area (Å²) >= 11 is 6.16. The molecule has 0 spiro atoms. The number of carboxylic acids is 1. The van der Waals surface area contributed by atoms with Crippen LogP contribution in [0, 0.1) is 10.9 Å². The van der Waals surface area contributed by atoms with Gasteiger partial charge in [-0.3, -0.25) is 4.79 Å². The van der Waals surface area contributed by atoms with Gasteiger partial charge < -0.3 is 10.1 Å². The second-order valence-corrected chi connectivity index (χ2v) is 3.91. The standard InChI is InChI=1S/C6H7NO2S2/c1-3-4(2-5(8)9)11-6(10)7-3/h2H2,1H3,(H,7,10)(H,8,9). The molecule has 1 heterocycles. The molecule has 2 N–H and O–H groups in total. The van der Waals surface area contributed by atoms with Crippen molar-refractivity contribution in [3.8, 4) is 0 Å². The number of aliphatic carboxylic acids is 1. The molecule has 0 unspecified atom stereocenters. The number of carboxylic acid groups (broad SMARTS) is 1. The molecular weight excluding hydrogens is 182 g/mol. The quantitative estimate of drug-likeness (QED) is 0.697. The third kappa shape index (κ3) is 2.13. The van der Waals surface area contributed by atoms with Crippen LogP contribution in [0.1, 0.15) is 10.6 Å². The highest BCUT2D eigenvalue weighted by Crippen LogP contribution is 2.14. The molecule has 0 saturated heterocycles. The molecule has 11 heavy (non-hydrogen) atoms. The van der Waals surface area contributed by atoms with Gasteiger partial charge in [0.15, 0.2) is 3.95 Å². The molecule has 0 amide bonds. The zero-order chi connectivity index (χ0) is 8.43. The van der Waals surface area contributed by atoms with Crippen LogP contribution >= 0.6 is 23.6 Å². The van der Waals surface area contributed by atoms with Gasteiger partial charge in [-0.1, -0.05) is 0 Å². The van der Waals surface area contributed by atoms with Crippen molar-refractivity contribution in [2.45, 2.75) is 13.3 Å². The van der Waals surface area contributed by atoms with Crippen LogP contribution in [0.15, 0.2) is 0 Å². The van der Waals surface area contributed by atoms with Crippen LogP contribution in [0.5, 0.6) is 0 Å². The Hall–Kier alpha value is -0.680. The first kappa shape index (κ1) is 8.42. The van der Waals surface area contributed by atoms with E-state index in [2.05, 4.69) is 4.98 Å². The van der Waals surface area contributed by atoms with E-state index in [9.17, 15) is 4.79 Å². The molecule has 0 radical (unpaired) electrons. The van der Waals surface area contributed by atoms with Crippen molar-refractivity contribution in [2.75, 3.05) is 0 Å². The SMILES string of the molecule is Cc1[nH]c(=S)sc1CC(=O)O. The fourth-order valence-electron chi connectivity index (χ4n) is 0.743. The van der Waals surface area contributed by atoms with Crippen LogP contribution in [-0.2, 0) is 11.2 Å². The second kappa shape index (κ2) is 3.15. The van der Waals surface area contributed by atoms with Gasteiger partial charge in [0.1, 0.15) is 0 Å². The maximum Gasteiger partial charge on any atom is 0.308 e. The minimum Gasteiger partial charge on any atom is -0.481 e. The summed E-state index contributed by atoms with van der Waals surface area (Å²) in [5.41, 5.74) is 0.863. The number of aryl methyl sites for hydroxylation is 1. The minimum absolute atomic E-state index is 0.0592. The predicted octanol–water partition coefficient (Wildman–Crippen LogP) is 1.74. The largest absolute Gasteiger partial charge is 0.481 e. The maximum atomic E-state index is 10.3. The summed E-state index contributed by atoms with van der Waals surface area (Å²) in [5, 5.41) is 8.46. The normalized spacial score (nSPS) is 9.91. The van der Waals surface area contributed by atoms with E-state index >= 15 is 0 Å². The number of aromatic amines is 1. The molecule has 1 rings (SSSR count). The van der Waals surface area contributed by atoms with Gasteiger partial charge in [-0.15, -0.1) is 11.3 Å². The highest BCUT2D eigenvalue weighted by atomic mass is 32.1. The highest BCUT2D eigenvalue weighted by Gasteiger charge is 2.05. The average molecular weight is 189 g/mol. The Labute approximate surface area is 72.7 Å². The Morgan fingerprint density at radius 2 is 2.45 bits per heavy atom. The molecule has 0 aliphatic rings. The number of aromatic nitrogens is 1. The summed E-state index contributed by atoms with van der Waals surface area (Å²) in [6.07, 6.45) is 0.0592. The van der Waals surface area contributed by atoms with Gasteiger partial charge >= 0.3 is 5.97 Å². The van der Waals surface area contributed by atoms with Crippen LogP contribution in [0.3, 0.4) is 0 Å². The number of rotatable bonds is 2. The van der Waals surface area contributed by atoms with Gasteiger partial charge in [0.25, 0.3) is 0 Å². The summed E-state index contributed by atoms with van der Waals surface area (Å²) in [6, 6.07) is 0. The van der Waals surface area contributed by atoms with Crippen LogP contribution in [0.2, 0.25) is 0 Å². The lowest BCUT2D eigenvalue weighted by Gasteiger charge is -1.90. The summed E-state index contributed by atoms with van der Waals surface area (Å²) in [5.74, 6) is -0.821. The van der Waals surface area contributed by atoms with Gasteiger partial charge in [0, 0.05) is 10.6 Å². The van der Waals surface area contributed by atoms with Gasteiger partial charge in [0.2, 0.25) is 0 Å². The second-order valence-electron chi connectivity index (χ2n) is 2.13. The van der Waals surface area contributed by atoms with Crippen LogP contribution < -0.4 is 0 Å². The number of hydrogen-bond acceptors (Lipinski definition) is 3. The fraction of sp³-hybridized carbons (Fsp3) is 0.333. The molecule has 0 saturated carbocycles. The van der Waals surface area contributed by atoms with E-state index in [0.717, 1.165) is 10.6 Å². The van der Waals surface area contributed by atoms with E-state index in [0.29, 0.717) is 3.95 Å². The lowest BCUT2D eigenvalue weighted by atomic mass is 10.3. The monoisotopic (exact) mass is 189 g/mol. The summed E-state index contributed by atoms with van der Waals surface area (Å²) in [4.78, 5) is 14.0. The van der Waals surface area contributed by atoms with E-state index in [1.165, 1.54) is 11.3 Å². The Morgan fingerprint density at radius 1 is 1.82 bits per heavy atom. The van der Waals surface area contributed by atoms with Gasteiger partial charge in [-0.05, 0) is 19.1 Å². The molecule has 0 atom stereocenters. The Morgan fingerprint density at radius 3 is 2.82 bits per heavy atom. The van der Waals surface area contributed by atoms with Crippen LogP contribution in [-0.4, -0.2) is 16.1 Å². The zero-order valence-corrected chi connectivity index (χ0v) is 7.51. The van der Waals surface area contributed by atoms with Crippen molar-refractivity contribution in [1.82, 2.24) is 4.98 Å². The van der Waals surface area contributed by atoms with Gasteiger partial charge in [-0.25, -0.2) is 0 Å². The van der Waals surface area contributed by atoms with E-state index < -0.39 is 5.97 Å². The topological polar surface area (TPSA) is 53.1 Å². The Balaban J connectivity index is 2.94. The van der Waals surface area contributed by atoms with E-state index in [1.54, 1.807) is 0 Å². The molecule has 5 heteroatoms. The van der Waals surface area contributed by atoms with Crippen molar-refractivity contribution in [1.29, 1.82) is 0 Å². The number of nitrogens with one attached hydrogen (secondary N) is 1. The summed E-state index contributed by atoms with van der Waals surface area (Å²) < 4.78 is 0.638. The fourth-order valence-corrected chi connectivity index (χ4v) is 2.03. The number of hydrogen-bond donors (Lipinski definition) is 2. The summed E-state index contributed by atoms with van der Waals surface area (Å²) in [6.45, 7) is 1.82. The smallest absolute Gasteiger partial charge is 0.308 e. The van der Waals surface area contributed by atoms with E-state index in [1.807, 2.05) is 6.92 Å². The van der Waals surface area contributed by atoms with E-state index in [-0.39, 0.29) is 6.42 Å². The maximum absolute atomic E-state index is 10.3. The summed E-state index contributed by atoms with van der Waals surface area (Å²) in [7, 11) is 0. The lowest BCUT2D eigenvalue weighted by Crippen LogP contribution is -1.99. The van der Waals surface area contributed by atoms with E-state index in [4.69, 9.17) is 17.3 Å². The Kier molecular flexibility index (Phi) is 2.41. The number of carbonyl (C=O) groups is 1. The van der Waals surface area contributed by atoms with Crippen molar-refractivity contribution >= 4 is 29.5 Å².